The summed E-state index contributed by atoms with van der Waals surface area (Å²) in [6, 6.07) is 15.6. The minimum atomic E-state index is -1.72. The third kappa shape index (κ3) is 12.1. The molecule has 7 atom stereocenters. The first-order valence-corrected chi connectivity index (χ1v) is 18.2. The molecule has 3 amide bonds. The molecule has 0 aliphatic heterocycles. The molecule has 1 aliphatic rings. The highest BCUT2D eigenvalue weighted by Crippen LogP contribution is 2.33. The number of aliphatic hydroxyl groups excluding tert-OH is 2. The van der Waals surface area contributed by atoms with E-state index in [1.807, 2.05) is 18.2 Å². The Hall–Kier alpha value is -5.21. The Labute approximate surface area is 319 Å². The number of carbonyl (C=O) groups excluding carboxylic acids is 5. The summed E-state index contributed by atoms with van der Waals surface area (Å²) < 4.78 is 38.1. The van der Waals surface area contributed by atoms with Crippen molar-refractivity contribution >= 4 is 29.7 Å². The van der Waals surface area contributed by atoms with Crippen LogP contribution in [0.25, 0.3) is 11.1 Å². The van der Waals surface area contributed by atoms with Crippen molar-refractivity contribution in [3.63, 3.8) is 0 Å². The van der Waals surface area contributed by atoms with Gasteiger partial charge in [0.1, 0.15) is 17.7 Å². The van der Waals surface area contributed by atoms with Crippen LogP contribution in [0.2, 0.25) is 0 Å². The van der Waals surface area contributed by atoms with Gasteiger partial charge in [0.2, 0.25) is 11.8 Å². The van der Waals surface area contributed by atoms with Gasteiger partial charge in [-0.3, -0.25) is 24.0 Å². The number of carbonyl (C=O) groups is 5. The summed E-state index contributed by atoms with van der Waals surface area (Å²) in [7, 11) is 2.53. The lowest BCUT2D eigenvalue weighted by Gasteiger charge is -2.35. The second kappa shape index (κ2) is 19.9. The third-order valence-corrected chi connectivity index (χ3v) is 9.79. The zero-order valence-corrected chi connectivity index (χ0v) is 31.3. The minimum Gasteiger partial charge on any atom is -0.469 e. The first-order valence-electron chi connectivity index (χ1n) is 18.2. The van der Waals surface area contributed by atoms with Crippen LogP contribution in [0.15, 0.2) is 72.8 Å². The van der Waals surface area contributed by atoms with Gasteiger partial charge in [0.15, 0.2) is 6.10 Å². The van der Waals surface area contributed by atoms with Crippen LogP contribution < -0.4 is 16.0 Å². The van der Waals surface area contributed by atoms with Gasteiger partial charge >= 0.3 is 11.9 Å². The molecular formula is C41H49F2N3O9. The van der Waals surface area contributed by atoms with Crippen LogP contribution in [0.4, 0.5) is 8.78 Å². The predicted octanol–water partition coefficient (Wildman–Crippen LogP) is 3.92. The molecule has 3 aromatic rings. The molecule has 3 aromatic carbocycles. The van der Waals surface area contributed by atoms with Crippen LogP contribution >= 0.6 is 0 Å². The van der Waals surface area contributed by atoms with Gasteiger partial charge in [0.05, 0.1) is 38.7 Å². The number of hydrogen-bond donors (Lipinski definition) is 5. The molecule has 1 aliphatic carbocycles. The van der Waals surface area contributed by atoms with Crippen LogP contribution in [-0.2, 0) is 39.9 Å². The third-order valence-electron chi connectivity index (χ3n) is 9.79. The van der Waals surface area contributed by atoms with Crippen molar-refractivity contribution < 1.29 is 52.4 Å². The summed E-state index contributed by atoms with van der Waals surface area (Å²) in [6.45, 7) is 3.41. The summed E-state index contributed by atoms with van der Waals surface area (Å²) in [5.74, 6) is -6.19. The highest BCUT2D eigenvalue weighted by Gasteiger charge is 2.37. The Morgan fingerprint density at radius 1 is 0.818 bits per heavy atom. The van der Waals surface area contributed by atoms with Gasteiger partial charge in [-0.25, -0.2) is 8.78 Å². The van der Waals surface area contributed by atoms with Gasteiger partial charge < -0.3 is 35.6 Å². The van der Waals surface area contributed by atoms with E-state index in [-0.39, 0.29) is 36.3 Å². The maximum atomic E-state index is 14.2. The molecule has 0 saturated heterocycles. The zero-order valence-electron chi connectivity index (χ0n) is 31.3. The fraction of sp³-hybridized carbons (Fsp3) is 0.439. The number of ether oxygens (including phenoxy) is 2. The summed E-state index contributed by atoms with van der Waals surface area (Å²) in [5.41, 5.74) is 1.67. The number of amides is 3. The number of aliphatic hydroxyl groups is 2. The average Bonchev–Trinajstić information content (AvgIpc) is 3.15. The number of hydrogen-bond acceptors (Lipinski definition) is 9. The molecule has 0 bridgehead atoms. The van der Waals surface area contributed by atoms with Crippen LogP contribution in [0.1, 0.15) is 63.2 Å². The number of esters is 2. The van der Waals surface area contributed by atoms with Gasteiger partial charge in [0.25, 0.3) is 5.91 Å². The van der Waals surface area contributed by atoms with E-state index in [1.54, 1.807) is 50.2 Å². The molecule has 5 N–H and O–H groups in total. The predicted molar refractivity (Wildman–Crippen MR) is 198 cm³/mol. The second-order valence-corrected chi connectivity index (χ2v) is 14.3. The largest absolute Gasteiger partial charge is 0.469 e. The molecule has 1 saturated carbocycles. The molecular weight excluding hydrogens is 716 g/mol. The molecule has 0 radical (unpaired) electrons. The number of methoxy groups -OCH3 is 2. The van der Waals surface area contributed by atoms with Gasteiger partial charge in [-0.2, -0.15) is 0 Å². The summed E-state index contributed by atoms with van der Waals surface area (Å²) in [5, 5.41) is 30.7. The standard InChI is InChI=1S/C41H49F2N3O9/c1-23(2)37(39(51)44-30-17-24(19-36(49)54-3)14-27(20-30)41(53)55-4)46-35(48)22-34(47)33(18-25-15-28(42)21-29(43)16-25)45-40(52)38(50)32-13-9-8-12-31(32)26-10-6-5-7-11-26/h5-13,15-16,21,23-24,27,30,33-34,37-38,47,50H,14,17-20,22H2,1-4H3,(H,44,51)(H,45,52)(H,46,48)/t24-,27+,30-,33+,34+,37?,38-/m1/s1. The molecule has 0 spiro atoms. The van der Waals surface area contributed by atoms with E-state index in [2.05, 4.69) is 16.0 Å². The Balaban J connectivity index is 1.49. The fourth-order valence-corrected chi connectivity index (χ4v) is 7.07. The highest BCUT2D eigenvalue weighted by atomic mass is 19.1. The molecule has 55 heavy (non-hydrogen) atoms. The van der Waals surface area contributed by atoms with Crippen LogP contribution in [0, 0.1) is 29.4 Å². The van der Waals surface area contributed by atoms with Crippen molar-refractivity contribution in [2.45, 2.75) is 82.7 Å². The Kier molecular flexibility index (Phi) is 15.4. The molecule has 296 valence electrons. The van der Waals surface area contributed by atoms with Crippen molar-refractivity contribution in [1.29, 1.82) is 0 Å². The smallest absolute Gasteiger partial charge is 0.308 e. The van der Waals surface area contributed by atoms with E-state index >= 15 is 0 Å². The average molecular weight is 766 g/mol. The van der Waals surface area contributed by atoms with E-state index in [0.717, 1.165) is 17.7 Å². The van der Waals surface area contributed by atoms with Gasteiger partial charge in [-0.15, -0.1) is 0 Å². The maximum Gasteiger partial charge on any atom is 0.308 e. The van der Waals surface area contributed by atoms with Crippen molar-refractivity contribution in [3.05, 3.63) is 95.6 Å². The first kappa shape index (κ1) is 42.5. The van der Waals surface area contributed by atoms with Crippen molar-refractivity contribution in [3.8, 4) is 11.1 Å². The summed E-state index contributed by atoms with van der Waals surface area (Å²) >= 11 is 0. The highest BCUT2D eigenvalue weighted by molar-refractivity contribution is 5.89. The second-order valence-electron chi connectivity index (χ2n) is 14.3. The number of benzene rings is 3. The van der Waals surface area contributed by atoms with E-state index in [0.29, 0.717) is 24.5 Å². The van der Waals surface area contributed by atoms with Crippen LogP contribution in [0.3, 0.4) is 0 Å². The minimum absolute atomic E-state index is 0.0507. The number of nitrogens with one attached hydrogen (secondary N) is 3. The van der Waals surface area contributed by atoms with Crippen LogP contribution in [0.5, 0.6) is 0 Å². The number of rotatable bonds is 16. The maximum absolute atomic E-state index is 14.2. The van der Waals surface area contributed by atoms with Crippen molar-refractivity contribution in [1.82, 2.24) is 16.0 Å². The Morgan fingerprint density at radius 2 is 1.47 bits per heavy atom. The molecule has 0 aromatic heterocycles. The topological polar surface area (TPSA) is 180 Å². The van der Waals surface area contributed by atoms with E-state index in [1.165, 1.54) is 14.2 Å². The van der Waals surface area contributed by atoms with E-state index in [4.69, 9.17) is 9.47 Å². The summed E-state index contributed by atoms with van der Waals surface area (Å²) in [4.78, 5) is 65.0. The Morgan fingerprint density at radius 3 is 2.11 bits per heavy atom. The first-order chi connectivity index (χ1) is 26.2. The molecule has 0 heterocycles. The fourth-order valence-electron chi connectivity index (χ4n) is 7.07. The van der Waals surface area contributed by atoms with Gasteiger partial charge in [-0.05, 0) is 71.9 Å². The summed E-state index contributed by atoms with van der Waals surface area (Å²) in [6.07, 6.45) is -3.23. The van der Waals surface area contributed by atoms with Gasteiger partial charge in [0, 0.05) is 18.5 Å². The lowest BCUT2D eigenvalue weighted by Crippen LogP contribution is -2.54. The van der Waals surface area contributed by atoms with Crippen molar-refractivity contribution in [2.75, 3.05) is 14.2 Å². The monoisotopic (exact) mass is 765 g/mol. The molecule has 1 fully saturated rings. The lowest BCUT2D eigenvalue weighted by atomic mass is 9.77. The quantitative estimate of drug-likeness (QED) is 0.135. The molecule has 1 unspecified atom stereocenters. The lowest BCUT2D eigenvalue weighted by molar-refractivity contribution is -0.149. The molecule has 4 rings (SSSR count). The van der Waals surface area contributed by atoms with Crippen LogP contribution in [-0.4, -0.2) is 78.3 Å². The SMILES string of the molecule is COC(=O)C[C@H]1C[C@@H](NC(=O)C(NC(=O)C[C@H](O)[C@H](Cc2cc(F)cc(F)c2)NC(=O)[C@H](O)c2ccccc2-c2ccccc2)C(C)C)C[C@@H](C(=O)OC)C1. The number of halogens is 2. The molecule has 12 nitrogen and oxygen atoms in total. The zero-order chi connectivity index (χ0) is 40.2. The molecule has 14 heteroatoms. The Bertz CT molecular complexity index is 1790. The van der Waals surface area contributed by atoms with E-state index < -0.39 is 89.9 Å². The van der Waals surface area contributed by atoms with Gasteiger partial charge in [-0.1, -0.05) is 68.4 Å². The van der Waals surface area contributed by atoms with Crippen molar-refractivity contribution in [2.24, 2.45) is 17.8 Å². The van der Waals surface area contributed by atoms with E-state index in [9.17, 15) is 43.0 Å². The normalized spacial score (nSPS) is 19.0.